The number of carbonyl (C=O) groups is 1. The van der Waals surface area contributed by atoms with Gasteiger partial charge < -0.3 is 19.8 Å². The Labute approximate surface area is 87.8 Å². The van der Waals surface area contributed by atoms with Crippen LogP contribution in [0.15, 0.2) is 4.42 Å². The minimum Gasteiger partial charge on any atom is -0.445 e. The first-order valence-corrected chi connectivity index (χ1v) is 4.78. The second-order valence-corrected chi connectivity index (χ2v) is 3.74. The Morgan fingerprint density at radius 2 is 2.33 bits per heavy atom. The first-order chi connectivity index (χ1) is 7.09. The van der Waals surface area contributed by atoms with Gasteiger partial charge >= 0.3 is 0 Å². The number of primary amides is 1. The number of amides is 1. The Morgan fingerprint density at radius 1 is 1.60 bits per heavy atom. The number of nitrogens with two attached hydrogens (primary N) is 1. The van der Waals surface area contributed by atoms with E-state index in [4.69, 9.17) is 14.9 Å². The second kappa shape index (κ2) is 3.58. The van der Waals surface area contributed by atoms with Crippen LogP contribution in [0.25, 0.3) is 0 Å². The molecule has 0 aliphatic carbocycles. The minimum absolute atomic E-state index is 0.210. The predicted octanol–water partition coefficient (Wildman–Crippen LogP) is 0.540. The highest BCUT2D eigenvalue weighted by molar-refractivity contribution is 5.78. The highest BCUT2D eigenvalue weighted by Gasteiger charge is 2.24. The molecule has 0 saturated carbocycles. The van der Waals surface area contributed by atoms with E-state index < -0.39 is 0 Å². The average molecular weight is 210 g/mol. The third-order valence-electron chi connectivity index (χ3n) is 2.53. The molecule has 82 valence electrons. The lowest BCUT2D eigenvalue weighted by Gasteiger charge is -2.23. The fourth-order valence-electron chi connectivity index (χ4n) is 1.82. The summed E-state index contributed by atoms with van der Waals surface area (Å²) in [6.07, 6.45) is 0.210. The molecule has 0 atom stereocenters. The van der Waals surface area contributed by atoms with Gasteiger partial charge in [-0.15, -0.1) is 0 Å². The van der Waals surface area contributed by atoms with Gasteiger partial charge in [0.05, 0.1) is 13.0 Å². The standard InChI is InChI=1S/C10H14N2O3/c1-6-7(3-9(11)13)8-4-14-5-12(2)10(8)15-6/h3-5H2,1-2H3,(H2,11,13). The fraction of sp³-hybridized carbons (Fsp3) is 0.500. The van der Waals surface area contributed by atoms with Crippen molar-refractivity contribution in [2.45, 2.75) is 20.0 Å². The first kappa shape index (κ1) is 10.0. The monoisotopic (exact) mass is 210 g/mol. The van der Waals surface area contributed by atoms with Crippen LogP contribution in [0.1, 0.15) is 16.9 Å². The smallest absolute Gasteiger partial charge is 0.221 e. The second-order valence-electron chi connectivity index (χ2n) is 3.74. The number of anilines is 1. The normalized spacial score (nSPS) is 15.2. The summed E-state index contributed by atoms with van der Waals surface area (Å²) >= 11 is 0. The zero-order chi connectivity index (χ0) is 11.0. The van der Waals surface area contributed by atoms with Crippen LogP contribution in [-0.4, -0.2) is 19.7 Å². The molecule has 1 aliphatic rings. The number of hydrogen-bond acceptors (Lipinski definition) is 4. The summed E-state index contributed by atoms with van der Waals surface area (Å²) in [6, 6.07) is 0. The van der Waals surface area contributed by atoms with E-state index in [1.807, 2.05) is 18.9 Å². The number of fused-ring (bicyclic) bond motifs is 1. The molecule has 1 aromatic heterocycles. The lowest BCUT2D eigenvalue weighted by molar-refractivity contribution is -0.117. The molecule has 2 heterocycles. The number of furan rings is 1. The van der Waals surface area contributed by atoms with Crippen LogP contribution < -0.4 is 10.6 Å². The van der Waals surface area contributed by atoms with Gasteiger partial charge in [-0.3, -0.25) is 4.79 Å². The zero-order valence-corrected chi connectivity index (χ0v) is 8.87. The zero-order valence-electron chi connectivity index (χ0n) is 8.87. The summed E-state index contributed by atoms with van der Waals surface area (Å²) in [5, 5.41) is 0. The molecular formula is C10H14N2O3. The summed E-state index contributed by atoms with van der Waals surface area (Å²) in [6.45, 7) is 2.83. The molecule has 5 heteroatoms. The van der Waals surface area contributed by atoms with Crippen molar-refractivity contribution in [1.82, 2.24) is 0 Å². The van der Waals surface area contributed by atoms with Crippen molar-refractivity contribution in [2.24, 2.45) is 5.73 Å². The lowest BCUT2D eigenvalue weighted by atomic mass is 10.1. The Balaban J connectivity index is 2.42. The topological polar surface area (TPSA) is 68.7 Å². The number of carbonyl (C=O) groups excluding carboxylic acids is 1. The quantitative estimate of drug-likeness (QED) is 0.773. The SMILES string of the molecule is Cc1oc2c(c1CC(N)=O)COCN2C. The van der Waals surface area contributed by atoms with E-state index in [-0.39, 0.29) is 12.3 Å². The highest BCUT2D eigenvalue weighted by Crippen LogP contribution is 2.33. The van der Waals surface area contributed by atoms with Gasteiger partial charge in [0, 0.05) is 18.2 Å². The maximum atomic E-state index is 10.9. The molecule has 1 aromatic rings. The molecule has 0 radical (unpaired) electrons. The van der Waals surface area contributed by atoms with Crippen LogP contribution in [0.2, 0.25) is 0 Å². The first-order valence-electron chi connectivity index (χ1n) is 4.78. The largest absolute Gasteiger partial charge is 0.445 e. The van der Waals surface area contributed by atoms with Gasteiger partial charge in [0.25, 0.3) is 0 Å². The van der Waals surface area contributed by atoms with Gasteiger partial charge in [0.2, 0.25) is 11.8 Å². The van der Waals surface area contributed by atoms with Crippen molar-refractivity contribution >= 4 is 11.8 Å². The van der Waals surface area contributed by atoms with Crippen molar-refractivity contribution in [1.29, 1.82) is 0 Å². The summed E-state index contributed by atoms with van der Waals surface area (Å²) in [5.74, 6) is 1.18. The molecule has 0 fully saturated rings. The maximum Gasteiger partial charge on any atom is 0.221 e. The van der Waals surface area contributed by atoms with E-state index in [2.05, 4.69) is 0 Å². The predicted molar refractivity (Wildman–Crippen MR) is 54.4 cm³/mol. The molecule has 0 unspecified atom stereocenters. The Bertz CT molecular complexity index is 398. The molecule has 5 nitrogen and oxygen atoms in total. The highest BCUT2D eigenvalue weighted by atomic mass is 16.5. The van der Waals surface area contributed by atoms with Crippen LogP contribution >= 0.6 is 0 Å². The van der Waals surface area contributed by atoms with Crippen molar-refractivity contribution in [3.63, 3.8) is 0 Å². The molecule has 2 N–H and O–H groups in total. The average Bonchev–Trinajstić information content (AvgIpc) is 2.45. The Kier molecular flexibility index (Phi) is 2.40. The third-order valence-corrected chi connectivity index (χ3v) is 2.53. The molecule has 0 spiro atoms. The van der Waals surface area contributed by atoms with Gasteiger partial charge in [-0.2, -0.15) is 0 Å². The van der Waals surface area contributed by atoms with E-state index >= 15 is 0 Å². The number of aryl methyl sites for hydroxylation is 1. The molecule has 0 aromatic carbocycles. The van der Waals surface area contributed by atoms with Gasteiger partial charge in [0.1, 0.15) is 12.5 Å². The number of ether oxygens (including phenoxy) is 1. The molecule has 15 heavy (non-hydrogen) atoms. The van der Waals surface area contributed by atoms with Crippen molar-refractivity contribution < 1.29 is 13.9 Å². The van der Waals surface area contributed by atoms with Crippen LogP contribution in [0, 0.1) is 6.92 Å². The lowest BCUT2D eigenvalue weighted by Crippen LogP contribution is -2.26. The molecule has 1 aliphatic heterocycles. The van der Waals surface area contributed by atoms with Gasteiger partial charge in [0.15, 0.2) is 0 Å². The summed E-state index contributed by atoms with van der Waals surface area (Å²) < 4.78 is 10.9. The Hall–Kier alpha value is -1.49. The van der Waals surface area contributed by atoms with Gasteiger partial charge in [-0.25, -0.2) is 0 Å². The van der Waals surface area contributed by atoms with Crippen LogP contribution in [0.4, 0.5) is 5.88 Å². The summed E-state index contributed by atoms with van der Waals surface area (Å²) in [4.78, 5) is 12.8. The maximum absolute atomic E-state index is 10.9. The van der Waals surface area contributed by atoms with E-state index in [0.717, 1.165) is 22.8 Å². The van der Waals surface area contributed by atoms with Gasteiger partial charge in [-0.1, -0.05) is 0 Å². The van der Waals surface area contributed by atoms with Crippen molar-refractivity contribution in [3.8, 4) is 0 Å². The van der Waals surface area contributed by atoms with E-state index in [1.54, 1.807) is 0 Å². The number of nitrogens with zero attached hydrogens (tertiary/aromatic N) is 1. The minimum atomic E-state index is -0.352. The molecule has 0 bridgehead atoms. The molecule has 2 rings (SSSR count). The van der Waals surface area contributed by atoms with E-state index in [9.17, 15) is 4.79 Å². The Morgan fingerprint density at radius 3 is 3.00 bits per heavy atom. The summed E-state index contributed by atoms with van der Waals surface area (Å²) in [5.41, 5.74) is 6.99. The van der Waals surface area contributed by atoms with Gasteiger partial charge in [-0.05, 0) is 6.92 Å². The van der Waals surface area contributed by atoms with E-state index in [1.165, 1.54) is 0 Å². The summed E-state index contributed by atoms with van der Waals surface area (Å²) in [7, 11) is 1.88. The number of hydrogen-bond donors (Lipinski definition) is 1. The van der Waals surface area contributed by atoms with Crippen LogP contribution in [0.5, 0.6) is 0 Å². The number of rotatable bonds is 2. The molecular weight excluding hydrogens is 196 g/mol. The van der Waals surface area contributed by atoms with Crippen molar-refractivity contribution in [3.05, 3.63) is 16.9 Å². The van der Waals surface area contributed by atoms with E-state index in [0.29, 0.717) is 13.3 Å². The van der Waals surface area contributed by atoms with Crippen molar-refractivity contribution in [2.75, 3.05) is 18.7 Å². The third kappa shape index (κ3) is 1.70. The molecule has 0 saturated heterocycles. The molecule has 1 amide bonds. The van der Waals surface area contributed by atoms with Crippen LogP contribution in [0.3, 0.4) is 0 Å². The fourth-order valence-corrected chi connectivity index (χ4v) is 1.82. The van der Waals surface area contributed by atoms with Crippen LogP contribution in [-0.2, 0) is 22.6 Å².